The molecular formula is C10H10N6OS. The summed E-state index contributed by atoms with van der Waals surface area (Å²) in [6, 6.07) is 8.78. The van der Waals surface area contributed by atoms with Crippen molar-refractivity contribution in [2.45, 2.75) is 11.8 Å². The number of nitrogens with zero attached hydrogens (tertiary/aromatic N) is 6. The number of benzene rings is 1. The minimum atomic E-state index is -1.35. The van der Waals surface area contributed by atoms with Gasteiger partial charge in [0.05, 0.1) is 16.6 Å². The molecule has 7 nitrogen and oxygen atoms in total. The second kappa shape index (κ2) is 7.13. The topological polar surface area (TPSA) is 115 Å². The molecule has 0 radical (unpaired) electrons. The molecule has 0 aliphatic carbocycles. The predicted octanol–water partition coefficient (Wildman–Crippen LogP) is 3.65. The van der Waals surface area contributed by atoms with Crippen molar-refractivity contribution >= 4 is 10.8 Å². The molecule has 1 unspecified atom stereocenters. The molecule has 1 rings (SSSR count). The summed E-state index contributed by atoms with van der Waals surface area (Å²) in [6.45, 7) is 1.51. The van der Waals surface area contributed by atoms with E-state index in [9.17, 15) is 4.21 Å². The highest BCUT2D eigenvalue weighted by Crippen LogP contribution is 2.14. The van der Waals surface area contributed by atoms with Crippen molar-refractivity contribution in [3.8, 4) is 0 Å². The smallest absolute Gasteiger partial charge is 0.0572 e. The van der Waals surface area contributed by atoms with Gasteiger partial charge in [0.15, 0.2) is 0 Å². The van der Waals surface area contributed by atoms with Crippen molar-refractivity contribution in [2.24, 2.45) is 10.2 Å². The molecule has 0 spiro atoms. The van der Waals surface area contributed by atoms with Crippen LogP contribution in [0.15, 0.2) is 56.8 Å². The summed E-state index contributed by atoms with van der Waals surface area (Å²) in [6.07, 6.45) is 0. The van der Waals surface area contributed by atoms with Crippen molar-refractivity contribution in [1.29, 1.82) is 0 Å². The lowest BCUT2D eigenvalue weighted by Gasteiger charge is -2.03. The summed E-state index contributed by atoms with van der Waals surface area (Å²) in [5, 5.41) is 6.76. The van der Waals surface area contributed by atoms with Gasteiger partial charge < -0.3 is 0 Å². The van der Waals surface area contributed by atoms with Crippen LogP contribution in [0.25, 0.3) is 20.9 Å². The van der Waals surface area contributed by atoms with Crippen LogP contribution in [0.4, 0.5) is 0 Å². The Morgan fingerprint density at radius 1 is 1.22 bits per heavy atom. The first kappa shape index (κ1) is 13.8. The van der Waals surface area contributed by atoms with E-state index in [2.05, 4.69) is 20.1 Å². The third-order valence-electron chi connectivity index (χ3n) is 2.05. The van der Waals surface area contributed by atoms with Crippen LogP contribution in [-0.4, -0.2) is 9.96 Å². The molecule has 0 aliphatic rings. The van der Waals surface area contributed by atoms with E-state index in [1.54, 1.807) is 24.3 Å². The minimum absolute atomic E-state index is 0.0128. The molecule has 1 atom stereocenters. The van der Waals surface area contributed by atoms with Gasteiger partial charge in [-0.25, -0.2) is 0 Å². The fourth-order valence-electron chi connectivity index (χ4n) is 1.16. The molecule has 18 heavy (non-hydrogen) atoms. The maximum atomic E-state index is 12.0. The number of azide groups is 2. The Bertz CT molecular complexity index is 569. The van der Waals surface area contributed by atoms with Gasteiger partial charge in [-0.3, -0.25) is 4.21 Å². The lowest BCUT2D eigenvalue weighted by molar-refractivity contribution is 0.684. The van der Waals surface area contributed by atoms with Crippen molar-refractivity contribution in [2.75, 3.05) is 5.75 Å². The van der Waals surface area contributed by atoms with Gasteiger partial charge >= 0.3 is 0 Å². The maximum absolute atomic E-state index is 12.0. The van der Waals surface area contributed by atoms with E-state index in [-0.39, 0.29) is 17.1 Å². The lowest BCUT2D eigenvalue weighted by atomic mass is 10.4. The number of hydrogen-bond donors (Lipinski definition) is 0. The zero-order valence-electron chi connectivity index (χ0n) is 9.59. The molecule has 0 aliphatic heterocycles. The van der Waals surface area contributed by atoms with Crippen molar-refractivity contribution < 1.29 is 4.21 Å². The van der Waals surface area contributed by atoms with Crippen LogP contribution in [0.5, 0.6) is 0 Å². The number of rotatable bonds is 5. The molecule has 1 aromatic carbocycles. The summed E-state index contributed by atoms with van der Waals surface area (Å²) in [5.74, 6) is 0.0128. The SMILES string of the molecule is C/C(N=[N+]=[N-])=C(\CS(=O)c1ccccc1)N=[N+]=[N-]. The Morgan fingerprint density at radius 2 is 1.83 bits per heavy atom. The second-order valence-electron chi connectivity index (χ2n) is 3.21. The second-order valence-corrected chi connectivity index (χ2v) is 4.67. The quantitative estimate of drug-likeness (QED) is 0.449. The first-order chi connectivity index (χ1) is 8.69. The predicted molar refractivity (Wildman–Crippen MR) is 68.7 cm³/mol. The molecule has 0 saturated heterocycles. The first-order valence-electron chi connectivity index (χ1n) is 4.92. The van der Waals surface area contributed by atoms with Crippen molar-refractivity contribution in [1.82, 2.24) is 0 Å². The molecule has 0 heterocycles. The van der Waals surface area contributed by atoms with Crippen LogP contribution >= 0.6 is 0 Å². The van der Waals surface area contributed by atoms with Gasteiger partial charge in [0, 0.05) is 26.1 Å². The molecule has 0 aromatic heterocycles. The first-order valence-corrected chi connectivity index (χ1v) is 6.24. The third kappa shape index (κ3) is 3.95. The van der Waals surface area contributed by atoms with Crippen LogP contribution < -0.4 is 0 Å². The average molecular weight is 262 g/mol. The van der Waals surface area contributed by atoms with E-state index in [4.69, 9.17) is 11.1 Å². The van der Waals surface area contributed by atoms with E-state index >= 15 is 0 Å². The van der Waals surface area contributed by atoms with E-state index in [1.807, 2.05) is 6.07 Å². The van der Waals surface area contributed by atoms with E-state index in [0.717, 1.165) is 0 Å². The van der Waals surface area contributed by atoms with Gasteiger partial charge in [0.25, 0.3) is 0 Å². The summed E-state index contributed by atoms with van der Waals surface area (Å²) in [5.41, 5.74) is 17.1. The van der Waals surface area contributed by atoms with Crippen LogP contribution in [0.3, 0.4) is 0 Å². The van der Waals surface area contributed by atoms with E-state index < -0.39 is 10.8 Å². The lowest BCUT2D eigenvalue weighted by Crippen LogP contribution is -2.01. The van der Waals surface area contributed by atoms with Crippen LogP contribution in [0.1, 0.15) is 6.92 Å². The highest BCUT2D eigenvalue weighted by molar-refractivity contribution is 7.85. The Hall–Kier alpha value is -2.27. The van der Waals surface area contributed by atoms with Gasteiger partial charge in [0.1, 0.15) is 0 Å². The normalized spacial score (nSPS) is 12.7. The summed E-state index contributed by atoms with van der Waals surface area (Å²) >= 11 is 0. The maximum Gasteiger partial charge on any atom is 0.0572 e. The molecule has 92 valence electrons. The zero-order valence-corrected chi connectivity index (χ0v) is 10.4. The standard InChI is InChI=1S/C10H10N6OS/c1-8(13-15-11)10(14-16-12)7-18(17)9-5-3-2-4-6-9/h2-6H,7H2,1H3/b10-8-. The average Bonchev–Trinajstić information content (AvgIpc) is 2.39. The largest absolute Gasteiger partial charge is 0.254 e. The Morgan fingerprint density at radius 3 is 2.39 bits per heavy atom. The zero-order chi connectivity index (χ0) is 13.4. The fraction of sp³-hybridized carbons (Fsp3) is 0.200. The van der Waals surface area contributed by atoms with E-state index in [1.165, 1.54) is 6.92 Å². The Labute approximate surface area is 106 Å². The highest BCUT2D eigenvalue weighted by Gasteiger charge is 2.08. The van der Waals surface area contributed by atoms with Gasteiger partial charge in [-0.05, 0) is 30.1 Å². The monoisotopic (exact) mass is 262 g/mol. The van der Waals surface area contributed by atoms with Crippen molar-refractivity contribution in [3.05, 3.63) is 62.6 Å². The van der Waals surface area contributed by atoms with E-state index in [0.29, 0.717) is 4.90 Å². The van der Waals surface area contributed by atoms with Crippen LogP contribution in [-0.2, 0) is 10.8 Å². The fourth-order valence-corrected chi connectivity index (χ4v) is 2.31. The minimum Gasteiger partial charge on any atom is -0.254 e. The van der Waals surface area contributed by atoms with Gasteiger partial charge in [-0.15, -0.1) is 0 Å². The number of allylic oxidation sites excluding steroid dienone is 1. The Kier molecular flexibility index (Phi) is 5.47. The summed E-state index contributed by atoms with van der Waals surface area (Å²) in [7, 11) is -1.35. The highest BCUT2D eigenvalue weighted by atomic mass is 32.2. The van der Waals surface area contributed by atoms with Gasteiger partial charge in [-0.2, -0.15) is 0 Å². The van der Waals surface area contributed by atoms with Gasteiger partial charge in [-0.1, -0.05) is 28.4 Å². The molecule has 0 N–H and O–H groups in total. The molecule has 0 fully saturated rings. The molecule has 0 bridgehead atoms. The van der Waals surface area contributed by atoms with Gasteiger partial charge in [0.2, 0.25) is 0 Å². The summed E-state index contributed by atoms with van der Waals surface area (Å²) < 4.78 is 12.0. The number of hydrogen-bond acceptors (Lipinski definition) is 3. The molecule has 0 amide bonds. The van der Waals surface area contributed by atoms with Crippen molar-refractivity contribution in [3.63, 3.8) is 0 Å². The molecule has 0 saturated carbocycles. The molecule has 8 heteroatoms. The van der Waals surface area contributed by atoms with Crippen LogP contribution in [0, 0.1) is 0 Å². The third-order valence-corrected chi connectivity index (χ3v) is 3.39. The Balaban J connectivity index is 3.00. The summed E-state index contributed by atoms with van der Waals surface area (Å²) in [4.78, 5) is 5.86. The molecular weight excluding hydrogens is 252 g/mol. The van der Waals surface area contributed by atoms with Crippen LogP contribution in [0.2, 0.25) is 0 Å². The molecule has 1 aromatic rings.